The summed E-state index contributed by atoms with van der Waals surface area (Å²) < 4.78 is -0.672. The van der Waals surface area contributed by atoms with E-state index >= 15 is 0 Å². The first-order valence-corrected chi connectivity index (χ1v) is 9.89. The average Bonchev–Trinajstić information content (AvgIpc) is 2.97. The van der Waals surface area contributed by atoms with Gasteiger partial charge in [0.2, 0.25) is 0 Å². The van der Waals surface area contributed by atoms with Crippen LogP contribution in [0.2, 0.25) is 0 Å². The molecule has 5 nitrogen and oxygen atoms in total. The molecule has 0 amide bonds. The standard InChI is InChI=1S/C20H23N3O2S/c1-3-22(4-2)11-12-23(25)16-10-9-14(13-24)20-18(16)19(21-23)15-7-5-6-8-17(15)26-20/h5-10,24H,3-4,11-13H2,1-2H3. The highest BCUT2D eigenvalue weighted by Gasteiger charge is 2.41. The van der Waals surface area contributed by atoms with Gasteiger partial charge in [0, 0.05) is 21.4 Å². The quantitative estimate of drug-likeness (QED) is 0.533. The average molecular weight is 369 g/mol. The third-order valence-electron chi connectivity index (χ3n) is 5.23. The van der Waals surface area contributed by atoms with Gasteiger partial charge in [-0.3, -0.25) is 4.90 Å². The van der Waals surface area contributed by atoms with Gasteiger partial charge in [-0.05, 0) is 30.8 Å². The number of nitrogens with zero attached hydrogens (tertiary/aromatic N) is 3. The zero-order valence-electron chi connectivity index (χ0n) is 15.1. The monoisotopic (exact) mass is 369 g/mol. The van der Waals surface area contributed by atoms with Crippen LogP contribution >= 0.6 is 11.8 Å². The lowest BCUT2D eigenvalue weighted by Crippen LogP contribution is -2.43. The predicted molar refractivity (Wildman–Crippen MR) is 106 cm³/mol. The van der Waals surface area contributed by atoms with E-state index < -0.39 is 4.76 Å². The molecule has 1 N–H and O–H groups in total. The summed E-state index contributed by atoms with van der Waals surface area (Å²) in [4.78, 5) is 4.31. The minimum atomic E-state index is -0.672. The van der Waals surface area contributed by atoms with E-state index in [-0.39, 0.29) is 6.61 Å². The van der Waals surface area contributed by atoms with Gasteiger partial charge in [0.1, 0.15) is 12.3 Å². The lowest BCUT2D eigenvalue weighted by Gasteiger charge is -2.34. The van der Waals surface area contributed by atoms with Crippen LogP contribution < -0.4 is 4.76 Å². The molecule has 1 atom stereocenters. The van der Waals surface area contributed by atoms with Crippen molar-refractivity contribution in [2.24, 2.45) is 5.10 Å². The second kappa shape index (κ2) is 6.79. The summed E-state index contributed by atoms with van der Waals surface area (Å²) in [5.74, 6) is 0. The van der Waals surface area contributed by atoms with Crippen molar-refractivity contribution in [3.63, 3.8) is 0 Å². The molecule has 4 rings (SSSR count). The molecule has 6 heteroatoms. The minimum Gasteiger partial charge on any atom is -0.599 e. The molecule has 0 aromatic heterocycles. The zero-order valence-corrected chi connectivity index (χ0v) is 15.9. The number of quaternary nitrogens is 1. The molecule has 2 aliphatic heterocycles. The van der Waals surface area contributed by atoms with Crippen molar-refractivity contribution >= 4 is 23.2 Å². The third kappa shape index (κ3) is 2.69. The van der Waals surface area contributed by atoms with Gasteiger partial charge in [0.05, 0.1) is 18.7 Å². The summed E-state index contributed by atoms with van der Waals surface area (Å²) >= 11 is 1.63. The Labute approximate surface area is 158 Å². The number of rotatable bonds is 6. The molecule has 0 saturated carbocycles. The fourth-order valence-electron chi connectivity index (χ4n) is 3.68. The van der Waals surface area contributed by atoms with E-state index in [1.807, 2.05) is 36.4 Å². The van der Waals surface area contributed by atoms with E-state index in [4.69, 9.17) is 0 Å². The van der Waals surface area contributed by atoms with Gasteiger partial charge >= 0.3 is 0 Å². The number of hydrogen-bond acceptors (Lipinski definition) is 5. The van der Waals surface area contributed by atoms with Crippen molar-refractivity contribution in [3.8, 4) is 0 Å². The number of benzene rings is 2. The second-order valence-electron chi connectivity index (χ2n) is 6.60. The first kappa shape index (κ1) is 17.7. The second-order valence-corrected chi connectivity index (χ2v) is 7.66. The maximum Gasteiger partial charge on any atom is 0.170 e. The molecule has 0 spiro atoms. The smallest absolute Gasteiger partial charge is 0.170 e. The minimum absolute atomic E-state index is 0.0383. The molecule has 0 aliphatic carbocycles. The van der Waals surface area contributed by atoms with Crippen LogP contribution in [0.3, 0.4) is 0 Å². The Hall–Kier alpha value is -1.70. The van der Waals surface area contributed by atoms with E-state index in [2.05, 4.69) is 23.8 Å². The molecule has 0 fully saturated rings. The van der Waals surface area contributed by atoms with Crippen molar-refractivity contribution in [1.82, 2.24) is 9.66 Å². The maximum absolute atomic E-state index is 13.7. The Bertz CT molecular complexity index is 879. The normalized spacial score (nSPS) is 20.1. The highest BCUT2D eigenvalue weighted by Crippen LogP contribution is 2.49. The molecule has 2 aliphatic rings. The topological polar surface area (TPSA) is 58.9 Å². The molecular weight excluding hydrogens is 346 g/mol. The summed E-state index contributed by atoms with van der Waals surface area (Å²) in [6, 6.07) is 11.8. The van der Waals surface area contributed by atoms with Crippen LogP contribution in [0.15, 0.2) is 51.3 Å². The molecular formula is C20H23N3O2S. The van der Waals surface area contributed by atoms with Crippen LogP contribution in [0.5, 0.6) is 0 Å². The first-order valence-electron chi connectivity index (χ1n) is 9.07. The van der Waals surface area contributed by atoms with E-state index in [1.54, 1.807) is 11.8 Å². The van der Waals surface area contributed by atoms with Crippen LogP contribution in [0.4, 0.5) is 5.69 Å². The SMILES string of the molecule is CCN(CC)CC[N+]1([O-])N=C2c3ccccc3Sc3c(CO)ccc1c32. The summed E-state index contributed by atoms with van der Waals surface area (Å²) in [6.07, 6.45) is 0. The molecule has 2 aromatic carbocycles. The molecule has 0 saturated heterocycles. The third-order valence-corrected chi connectivity index (χ3v) is 6.48. The lowest BCUT2D eigenvalue weighted by atomic mass is 9.98. The van der Waals surface area contributed by atoms with Crippen molar-refractivity contribution in [1.29, 1.82) is 0 Å². The number of aliphatic hydroxyl groups excluding tert-OH is 1. The molecule has 136 valence electrons. The summed E-state index contributed by atoms with van der Waals surface area (Å²) in [5.41, 5.74) is 4.25. The number of fused-ring (bicyclic) bond motifs is 2. The Morgan fingerprint density at radius 1 is 1.15 bits per heavy atom. The molecule has 1 unspecified atom stereocenters. The zero-order chi connectivity index (χ0) is 18.3. The van der Waals surface area contributed by atoms with Gasteiger partial charge < -0.3 is 10.3 Å². The van der Waals surface area contributed by atoms with E-state index in [9.17, 15) is 10.3 Å². The van der Waals surface area contributed by atoms with Gasteiger partial charge in [-0.25, -0.2) is 0 Å². The van der Waals surface area contributed by atoms with E-state index in [0.29, 0.717) is 18.8 Å². The molecule has 26 heavy (non-hydrogen) atoms. The summed E-state index contributed by atoms with van der Waals surface area (Å²) in [7, 11) is 0. The van der Waals surface area contributed by atoms with Crippen LogP contribution in [0.25, 0.3) is 0 Å². The van der Waals surface area contributed by atoms with Crippen LogP contribution in [0.1, 0.15) is 30.5 Å². The highest BCUT2D eigenvalue weighted by atomic mass is 32.2. The Balaban J connectivity index is 1.83. The number of hydrogen-bond donors (Lipinski definition) is 1. The summed E-state index contributed by atoms with van der Waals surface area (Å²) in [5, 5.41) is 28.1. The molecule has 2 aromatic rings. The molecule has 0 bridgehead atoms. The van der Waals surface area contributed by atoms with Gasteiger partial charge in [-0.15, -0.1) is 0 Å². The van der Waals surface area contributed by atoms with Crippen molar-refractivity contribution in [2.45, 2.75) is 30.2 Å². The Morgan fingerprint density at radius 2 is 1.92 bits per heavy atom. The van der Waals surface area contributed by atoms with Crippen LogP contribution in [-0.2, 0) is 6.61 Å². The Kier molecular flexibility index (Phi) is 4.62. The predicted octanol–water partition coefficient (Wildman–Crippen LogP) is 3.56. The largest absolute Gasteiger partial charge is 0.599 e. The molecule has 0 radical (unpaired) electrons. The van der Waals surface area contributed by atoms with Gasteiger partial charge in [-0.2, -0.15) is 4.76 Å². The van der Waals surface area contributed by atoms with Crippen LogP contribution in [-0.4, -0.2) is 41.9 Å². The lowest BCUT2D eigenvalue weighted by molar-refractivity contribution is 0.261. The fourth-order valence-corrected chi connectivity index (χ4v) is 4.89. The van der Waals surface area contributed by atoms with Crippen LogP contribution in [0, 0.1) is 5.21 Å². The first-order chi connectivity index (χ1) is 12.6. The van der Waals surface area contributed by atoms with Crippen molar-refractivity contribution in [2.75, 3.05) is 26.2 Å². The number of aliphatic hydroxyl groups is 1. The molecule has 2 heterocycles. The van der Waals surface area contributed by atoms with Gasteiger partial charge in [-0.1, -0.05) is 48.9 Å². The van der Waals surface area contributed by atoms with E-state index in [1.165, 1.54) is 0 Å². The number of hydroxylamine groups is 1. The van der Waals surface area contributed by atoms with Crippen molar-refractivity contribution < 1.29 is 5.11 Å². The Morgan fingerprint density at radius 3 is 2.65 bits per heavy atom. The fraction of sp³-hybridized carbons (Fsp3) is 0.350. The highest BCUT2D eigenvalue weighted by molar-refractivity contribution is 7.99. The van der Waals surface area contributed by atoms with Gasteiger partial charge in [0.25, 0.3) is 0 Å². The maximum atomic E-state index is 13.7. The van der Waals surface area contributed by atoms with E-state index in [0.717, 1.165) is 45.3 Å². The number of likely N-dealkylation sites (N-methyl/N-ethyl adjacent to an activating group) is 1. The summed E-state index contributed by atoms with van der Waals surface area (Å²) in [6.45, 7) is 7.13. The van der Waals surface area contributed by atoms with Gasteiger partial charge in [0.15, 0.2) is 5.69 Å². The van der Waals surface area contributed by atoms with Crippen molar-refractivity contribution in [3.05, 3.63) is 58.3 Å².